The predicted octanol–water partition coefficient (Wildman–Crippen LogP) is 1.61. The fourth-order valence-electron chi connectivity index (χ4n) is 1.12. The molecule has 1 atom stereocenters. The summed E-state index contributed by atoms with van der Waals surface area (Å²) in [4.78, 5) is 0. The summed E-state index contributed by atoms with van der Waals surface area (Å²) in [5.74, 6) is 1.02. The van der Waals surface area contributed by atoms with Crippen LogP contribution in [0.15, 0.2) is 5.76 Å². The van der Waals surface area contributed by atoms with Crippen LogP contribution >= 0.6 is 0 Å². The minimum atomic E-state index is 0.149. The Labute approximate surface area is 68.4 Å². The first-order chi connectivity index (χ1) is 5.33. The molecule has 2 heteroatoms. The average Bonchev–Trinajstić information content (AvgIpc) is 2.06. The summed E-state index contributed by atoms with van der Waals surface area (Å²) >= 11 is 0. The highest BCUT2D eigenvalue weighted by Crippen LogP contribution is 2.18. The van der Waals surface area contributed by atoms with E-state index in [1.165, 1.54) is 12.8 Å². The fraction of sp³-hybridized carbons (Fsp3) is 0.778. The van der Waals surface area contributed by atoms with Crippen LogP contribution < -0.4 is 5.73 Å². The molecule has 11 heavy (non-hydrogen) atoms. The topological polar surface area (TPSA) is 35.2 Å². The molecule has 0 spiro atoms. The molecule has 1 rings (SSSR count). The molecule has 0 aliphatic heterocycles. The number of hydrogen-bond donors (Lipinski definition) is 1. The lowest BCUT2D eigenvalue weighted by Gasteiger charge is -2.17. The van der Waals surface area contributed by atoms with E-state index in [0.717, 1.165) is 18.6 Å². The monoisotopic (exact) mass is 154 g/mol. The van der Waals surface area contributed by atoms with E-state index < -0.39 is 0 Å². The Kier molecular flexibility index (Phi) is 3.43. The molecule has 63 valence electrons. The minimum Gasteiger partial charge on any atom is -0.493 e. The zero-order valence-electron chi connectivity index (χ0n) is 7.10. The van der Waals surface area contributed by atoms with Crippen LogP contribution in [-0.4, -0.2) is 12.6 Å². The highest BCUT2D eigenvalue weighted by molar-refractivity contribution is 4.91. The van der Waals surface area contributed by atoms with Crippen molar-refractivity contribution in [3.8, 4) is 0 Å². The third-order valence-corrected chi connectivity index (χ3v) is 1.83. The quantitative estimate of drug-likeness (QED) is 0.670. The maximum Gasteiger partial charge on any atom is 0.108 e. The van der Waals surface area contributed by atoms with Crippen molar-refractivity contribution in [1.82, 2.24) is 0 Å². The van der Waals surface area contributed by atoms with Gasteiger partial charge in [-0.1, -0.05) is 0 Å². The van der Waals surface area contributed by atoms with Crippen LogP contribution in [0.2, 0.25) is 0 Å². The molecule has 0 aromatic carbocycles. The second kappa shape index (κ2) is 4.39. The highest BCUT2D eigenvalue weighted by atomic mass is 16.5. The zero-order valence-corrected chi connectivity index (χ0v) is 7.10. The number of hydrogen-bond acceptors (Lipinski definition) is 2. The van der Waals surface area contributed by atoms with Crippen molar-refractivity contribution >= 4 is 0 Å². The maximum atomic E-state index is 5.52. The van der Waals surface area contributed by atoms with Gasteiger partial charge in [-0.2, -0.15) is 0 Å². The van der Waals surface area contributed by atoms with Crippen molar-refractivity contribution < 1.29 is 4.74 Å². The van der Waals surface area contributed by atoms with E-state index in [0.29, 0.717) is 6.54 Å². The van der Waals surface area contributed by atoms with Gasteiger partial charge in [0.1, 0.15) is 6.10 Å². The lowest BCUT2D eigenvalue weighted by atomic mass is 10.1. The van der Waals surface area contributed by atoms with Gasteiger partial charge >= 0.3 is 0 Å². The van der Waals surface area contributed by atoms with Crippen molar-refractivity contribution in [1.29, 1.82) is 0 Å². The van der Waals surface area contributed by atoms with Crippen LogP contribution in [0.25, 0.3) is 0 Å². The van der Waals surface area contributed by atoms with Gasteiger partial charge in [0, 0.05) is 13.0 Å². The number of allylic oxidation sites excluding steroid dienone is 2. The fourth-order valence-corrected chi connectivity index (χ4v) is 1.12. The molecule has 0 aromatic heterocycles. The summed E-state index contributed by atoms with van der Waals surface area (Å²) in [6.45, 7) is 2.58. The smallest absolute Gasteiger partial charge is 0.108 e. The molecule has 0 amide bonds. The first-order valence-corrected chi connectivity index (χ1v) is 4.29. The van der Waals surface area contributed by atoms with Gasteiger partial charge in [0.25, 0.3) is 0 Å². The SMILES string of the molecule is C[C@H](CN)OC1=[C]CCCC1. The van der Waals surface area contributed by atoms with Gasteiger partial charge in [-0.15, -0.1) is 0 Å². The van der Waals surface area contributed by atoms with Gasteiger partial charge in [0.05, 0.1) is 5.76 Å². The molecule has 0 saturated carbocycles. The van der Waals surface area contributed by atoms with Crippen LogP contribution in [0.3, 0.4) is 0 Å². The Bertz CT molecular complexity index is 142. The van der Waals surface area contributed by atoms with Gasteiger partial charge in [0.15, 0.2) is 0 Å². The summed E-state index contributed by atoms with van der Waals surface area (Å²) < 4.78 is 5.52. The van der Waals surface area contributed by atoms with Crippen LogP contribution in [0, 0.1) is 6.08 Å². The Balaban J connectivity index is 2.29. The molecule has 0 aromatic rings. The lowest BCUT2D eigenvalue weighted by Crippen LogP contribution is -2.20. The van der Waals surface area contributed by atoms with E-state index in [4.69, 9.17) is 10.5 Å². The van der Waals surface area contributed by atoms with E-state index >= 15 is 0 Å². The summed E-state index contributed by atoms with van der Waals surface area (Å²) in [5.41, 5.74) is 5.42. The predicted molar refractivity (Wildman–Crippen MR) is 44.8 cm³/mol. The number of rotatable bonds is 3. The van der Waals surface area contributed by atoms with Crippen LogP contribution in [-0.2, 0) is 4.74 Å². The second-order valence-electron chi connectivity index (χ2n) is 2.97. The van der Waals surface area contributed by atoms with E-state index in [9.17, 15) is 0 Å². The third kappa shape index (κ3) is 2.93. The average molecular weight is 154 g/mol. The molecule has 0 saturated heterocycles. The van der Waals surface area contributed by atoms with Crippen molar-refractivity contribution in [3.05, 3.63) is 11.8 Å². The Morgan fingerprint density at radius 3 is 3.00 bits per heavy atom. The summed E-state index contributed by atoms with van der Waals surface area (Å²) in [6, 6.07) is 0. The van der Waals surface area contributed by atoms with Crippen molar-refractivity contribution in [2.45, 2.75) is 38.7 Å². The molecule has 1 radical (unpaired) electrons. The largest absolute Gasteiger partial charge is 0.493 e. The molecule has 0 bridgehead atoms. The van der Waals surface area contributed by atoms with Crippen LogP contribution in [0.5, 0.6) is 0 Å². The molecule has 0 heterocycles. The normalized spacial score (nSPS) is 20.7. The molecule has 1 aliphatic carbocycles. The summed E-state index contributed by atoms with van der Waals surface area (Å²) in [7, 11) is 0. The third-order valence-electron chi connectivity index (χ3n) is 1.83. The van der Waals surface area contributed by atoms with Gasteiger partial charge in [-0.3, -0.25) is 0 Å². The Morgan fingerprint density at radius 2 is 2.45 bits per heavy atom. The Morgan fingerprint density at radius 1 is 1.64 bits per heavy atom. The maximum absolute atomic E-state index is 5.52. The standard InChI is InChI=1S/C9H16NO/c1-8(7-10)11-9-5-3-2-4-6-9/h8H,2-5,7,10H2,1H3/t8-/m1/s1. The van der Waals surface area contributed by atoms with E-state index in [1.54, 1.807) is 0 Å². The molecule has 2 N–H and O–H groups in total. The van der Waals surface area contributed by atoms with Crippen molar-refractivity contribution in [2.24, 2.45) is 5.73 Å². The van der Waals surface area contributed by atoms with Crippen LogP contribution in [0.4, 0.5) is 0 Å². The summed E-state index contributed by atoms with van der Waals surface area (Å²) in [5, 5.41) is 0. The lowest BCUT2D eigenvalue weighted by molar-refractivity contribution is 0.124. The molecule has 0 fully saturated rings. The molecule has 0 unspecified atom stereocenters. The zero-order chi connectivity index (χ0) is 8.10. The molecular weight excluding hydrogens is 138 g/mol. The van der Waals surface area contributed by atoms with Crippen molar-refractivity contribution in [2.75, 3.05) is 6.54 Å². The van der Waals surface area contributed by atoms with E-state index in [2.05, 4.69) is 6.08 Å². The van der Waals surface area contributed by atoms with E-state index in [-0.39, 0.29) is 6.10 Å². The Hall–Kier alpha value is -0.500. The first kappa shape index (κ1) is 8.60. The summed E-state index contributed by atoms with van der Waals surface area (Å²) in [6.07, 6.45) is 7.96. The van der Waals surface area contributed by atoms with Crippen molar-refractivity contribution in [3.63, 3.8) is 0 Å². The van der Waals surface area contributed by atoms with E-state index in [1.807, 2.05) is 6.92 Å². The van der Waals surface area contributed by atoms with Gasteiger partial charge in [0.2, 0.25) is 0 Å². The van der Waals surface area contributed by atoms with Crippen LogP contribution in [0.1, 0.15) is 32.6 Å². The van der Waals surface area contributed by atoms with Gasteiger partial charge in [-0.25, -0.2) is 0 Å². The number of ether oxygens (including phenoxy) is 1. The first-order valence-electron chi connectivity index (χ1n) is 4.29. The second-order valence-corrected chi connectivity index (χ2v) is 2.97. The number of nitrogens with two attached hydrogens (primary N) is 1. The molecule has 2 nitrogen and oxygen atoms in total. The van der Waals surface area contributed by atoms with Gasteiger partial charge in [-0.05, 0) is 32.3 Å². The minimum absolute atomic E-state index is 0.149. The highest BCUT2D eigenvalue weighted by Gasteiger charge is 2.07. The molecule has 1 aliphatic rings. The van der Waals surface area contributed by atoms with Gasteiger partial charge < -0.3 is 10.5 Å². The molecular formula is C9H16NO.